The van der Waals surface area contributed by atoms with Gasteiger partial charge in [0, 0.05) is 22.2 Å². The van der Waals surface area contributed by atoms with Crippen LogP contribution in [0.4, 0.5) is 17.1 Å². The van der Waals surface area contributed by atoms with Crippen molar-refractivity contribution < 1.29 is 4.42 Å². The standard InChI is InChI=1S/C70H47NO/c1-69(2)57-26-13-10-23-54(57)66-60(69)38-39-61-67(66)55-24-11-15-28-59(55)70(61)58-27-14-9-22-52(58)53-37-34-47(43-62(53)70)49-40-48(45-20-7-4-8-21-45)41-51(42-49)71(50-35-32-46(33-36-50)44-18-5-3-6-19-44)63-29-17-31-65-68(63)56-25-12-16-30-64(56)72-65/h3-43H,1-2H3. The molecule has 2 nitrogen and oxygen atoms in total. The Morgan fingerprint density at radius 3 is 1.60 bits per heavy atom. The molecular weight excluding hydrogens is 871 g/mol. The molecule has 1 heterocycles. The molecule has 11 aromatic carbocycles. The minimum atomic E-state index is -0.519. The second-order valence-electron chi connectivity index (χ2n) is 20.3. The Kier molecular flexibility index (Phi) is 8.66. The van der Waals surface area contributed by atoms with Gasteiger partial charge >= 0.3 is 0 Å². The smallest absolute Gasteiger partial charge is 0.137 e. The Balaban J connectivity index is 0.982. The highest BCUT2D eigenvalue weighted by atomic mass is 16.3. The Labute approximate surface area is 419 Å². The zero-order valence-electron chi connectivity index (χ0n) is 40.0. The molecule has 3 aliphatic rings. The van der Waals surface area contributed by atoms with Gasteiger partial charge in [0.2, 0.25) is 0 Å². The largest absolute Gasteiger partial charge is 0.456 e. The van der Waals surface area contributed by atoms with Crippen LogP contribution >= 0.6 is 0 Å². The van der Waals surface area contributed by atoms with Crippen molar-refractivity contribution in [2.75, 3.05) is 4.90 Å². The fraction of sp³-hybridized carbons (Fsp3) is 0.0571. The van der Waals surface area contributed by atoms with E-state index in [0.29, 0.717) is 0 Å². The molecule has 0 saturated heterocycles. The van der Waals surface area contributed by atoms with Crippen molar-refractivity contribution in [3.05, 3.63) is 282 Å². The summed E-state index contributed by atoms with van der Waals surface area (Å²) in [7, 11) is 0. The Morgan fingerprint density at radius 2 is 0.847 bits per heavy atom. The molecule has 2 heteroatoms. The Bertz CT molecular complexity index is 4180. The number of rotatable bonds is 6. The highest BCUT2D eigenvalue weighted by molar-refractivity contribution is 6.13. The Hall–Kier alpha value is -8.98. The van der Waals surface area contributed by atoms with Crippen molar-refractivity contribution in [1.29, 1.82) is 0 Å². The number of anilines is 3. The molecule has 3 aliphatic carbocycles. The second kappa shape index (κ2) is 15.3. The number of furan rings is 1. The van der Waals surface area contributed by atoms with Crippen molar-refractivity contribution in [3.8, 4) is 66.8 Å². The van der Waals surface area contributed by atoms with Gasteiger partial charge in [-0.1, -0.05) is 208 Å². The maximum absolute atomic E-state index is 6.57. The van der Waals surface area contributed by atoms with Gasteiger partial charge < -0.3 is 9.32 Å². The third-order valence-corrected chi connectivity index (χ3v) is 16.3. The van der Waals surface area contributed by atoms with Gasteiger partial charge in [-0.05, 0) is 155 Å². The van der Waals surface area contributed by atoms with Crippen molar-refractivity contribution in [1.82, 2.24) is 0 Å². The monoisotopic (exact) mass is 917 g/mol. The SMILES string of the molecule is CC1(C)c2ccccc2-c2c1ccc1c2-c2ccccc2C12c1ccccc1-c1ccc(-c3cc(-c4ccccc4)cc(N(c4ccc(-c5ccccc5)cc4)c4cccc5oc6ccccc6c45)c3)cc12. The van der Waals surface area contributed by atoms with Gasteiger partial charge in [-0.2, -0.15) is 0 Å². The molecule has 0 aliphatic heterocycles. The zero-order valence-corrected chi connectivity index (χ0v) is 40.0. The van der Waals surface area contributed by atoms with E-state index in [1.807, 2.05) is 6.07 Å². The molecule has 1 atom stereocenters. The zero-order chi connectivity index (χ0) is 47.7. The number of benzene rings is 11. The lowest BCUT2D eigenvalue weighted by atomic mass is 9.69. The number of fused-ring (bicyclic) bond motifs is 17. The van der Waals surface area contributed by atoms with Gasteiger partial charge in [0.05, 0.1) is 16.5 Å². The van der Waals surface area contributed by atoms with Crippen LogP contribution < -0.4 is 4.90 Å². The molecule has 12 aromatic rings. The quantitative estimate of drug-likeness (QED) is 0.165. The van der Waals surface area contributed by atoms with Crippen LogP contribution in [0.3, 0.4) is 0 Å². The van der Waals surface area contributed by atoms with Crippen molar-refractivity contribution in [2.45, 2.75) is 24.7 Å². The molecule has 72 heavy (non-hydrogen) atoms. The average molecular weight is 918 g/mol. The average Bonchev–Trinajstić information content (AvgIpc) is 4.14. The lowest BCUT2D eigenvalue weighted by molar-refractivity contribution is 0.660. The van der Waals surface area contributed by atoms with Gasteiger partial charge in [-0.15, -0.1) is 0 Å². The first-order valence-electron chi connectivity index (χ1n) is 25.2. The van der Waals surface area contributed by atoms with Crippen molar-refractivity contribution in [3.63, 3.8) is 0 Å². The molecule has 15 rings (SSSR count). The van der Waals surface area contributed by atoms with Gasteiger partial charge in [-0.3, -0.25) is 0 Å². The lowest BCUT2D eigenvalue weighted by Crippen LogP contribution is -2.26. The van der Waals surface area contributed by atoms with E-state index in [4.69, 9.17) is 4.42 Å². The normalized spacial score (nSPS) is 15.2. The third-order valence-electron chi connectivity index (χ3n) is 16.3. The lowest BCUT2D eigenvalue weighted by Gasteiger charge is -2.31. The van der Waals surface area contributed by atoms with Crippen LogP contribution in [-0.4, -0.2) is 0 Å². The van der Waals surface area contributed by atoms with E-state index in [1.165, 1.54) is 83.5 Å². The van der Waals surface area contributed by atoms with Gasteiger partial charge in [-0.25, -0.2) is 0 Å². The molecule has 1 aromatic heterocycles. The highest BCUT2D eigenvalue weighted by Crippen LogP contribution is 2.66. The number of hydrogen-bond donors (Lipinski definition) is 0. The Morgan fingerprint density at radius 1 is 0.319 bits per heavy atom. The topological polar surface area (TPSA) is 16.4 Å². The van der Waals surface area contributed by atoms with Crippen LogP contribution in [0.25, 0.3) is 88.7 Å². The molecular formula is C70H47NO. The molecule has 1 unspecified atom stereocenters. The summed E-state index contributed by atoms with van der Waals surface area (Å²) in [6.45, 7) is 4.79. The van der Waals surface area contributed by atoms with Crippen molar-refractivity contribution >= 4 is 39.0 Å². The summed E-state index contributed by atoms with van der Waals surface area (Å²) in [5.74, 6) is 0. The minimum absolute atomic E-state index is 0.111. The van der Waals surface area contributed by atoms with E-state index in [0.717, 1.165) is 55.7 Å². The molecule has 0 amide bonds. The van der Waals surface area contributed by atoms with Crippen LogP contribution in [0.15, 0.2) is 253 Å². The fourth-order valence-electron chi connectivity index (χ4n) is 13.1. The van der Waals surface area contributed by atoms with Crippen LogP contribution in [-0.2, 0) is 10.8 Å². The van der Waals surface area contributed by atoms with E-state index in [1.54, 1.807) is 0 Å². The molecule has 0 saturated carbocycles. The maximum atomic E-state index is 6.57. The van der Waals surface area contributed by atoms with Crippen LogP contribution in [0.5, 0.6) is 0 Å². The minimum Gasteiger partial charge on any atom is -0.456 e. The summed E-state index contributed by atoms with van der Waals surface area (Å²) >= 11 is 0. The van der Waals surface area contributed by atoms with E-state index in [9.17, 15) is 0 Å². The molecule has 1 spiro atoms. The van der Waals surface area contributed by atoms with Gasteiger partial charge in [0.1, 0.15) is 11.2 Å². The number of hydrogen-bond acceptors (Lipinski definition) is 2. The number of para-hydroxylation sites is 1. The summed E-state index contributed by atoms with van der Waals surface area (Å²) < 4.78 is 6.57. The fourth-order valence-corrected chi connectivity index (χ4v) is 13.1. The molecule has 0 radical (unpaired) electrons. The maximum Gasteiger partial charge on any atom is 0.137 e. The summed E-state index contributed by atoms with van der Waals surface area (Å²) in [6, 6.07) is 92.2. The van der Waals surface area contributed by atoms with E-state index >= 15 is 0 Å². The van der Waals surface area contributed by atoms with Crippen LogP contribution in [0, 0.1) is 0 Å². The van der Waals surface area contributed by atoms with E-state index < -0.39 is 5.41 Å². The van der Waals surface area contributed by atoms with Gasteiger partial charge in [0.25, 0.3) is 0 Å². The first kappa shape index (κ1) is 40.9. The molecule has 0 fully saturated rings. The summed E-state index contributed by atoms with van der Waals surface area (Å²) in [6.07, 6.45) is 0. The van der Waals surface area contributed by atoms with Crippen LogP contribution in [0.2, 0.25) is 0 Å². The van der Waals surface area contributed by atoms with Crippen LogP contribution in [0.1, 0.15) is 47.2 Å². The molecule has 338 valence electrons. The number of nitrogens with zero attached hydrogens (tertiary/aromatic N) is 1. The third kappa shape index (κ3) is 5.66. The predicted octanol–water partition coefficient (Wildman–Crippen LogP) is 18.7. The first-order chi connectivity index (χ1) is 35.5. The summed E-state index contributed by atoms with van der Waals surface area (Å²) in [5, 5.41) is 2.17. The van der Waals surface area contributed by atoms with E-state index in [2.05, 4.69) is 261 Å². The highest BCUT2D eigenvalue weighted by Gasteiger charge is 2.53. The summed E-state index contributed by atoms with van der Waals surface area (Å²) in [5.41, 5.74) is 27.5. The summed E-state index contributed by atoms with van der Waals surface area (Å²) in [4.78, 5) is 2.43. The predicted molar refractivity (Wildman–Crippen MR) is 299 cm³/mol. The van der Waals surface area contributed by atoms with E-state index in [-0.39, 0.29) is 5.41 Å². The van der Waals surface area contributed by atoms with Crippen molar-refractivity contribution in [2.24, 2.45) is 0 Å². The molecule has 0 bridgehead atoms. The second-order valence-corrected chi connectivity index (χ2v) is 20.3. The van der Waals surface area contributed by atoms with Gasteiger partial charge in [0.15, 0.2) is 0 Å². The first-order valence-corrected chi connectivity index (χ1v) is 25.2. The molecule has 0 N–H and O–H groups in total.